The van der Waals surface area contributed by atoms with Crippen molar-refractivity contribution < 1.29 is 4.79 Å². The number of para-hydroxylation sites is 1. The average molecular weight is 355 g/mol. The van der Waals surface area contributed by atoms with Crippen LogP contribution in [-0.2, 0) is 11.2 Å². The van der Waals surface area contributed by atoms with E-state index in [9.17, 15) is 4.79 Å². The van der Waals surface area contributed by atoms with Crippen molar-refractivity contribution >= 4 is 34.7 Å². The maximum atomic E-state index is 12.3. The van der Waals surface area contributed by atoms with Crippen molar-refractivity contribution in [3.05, 3.63) is 65.2 Å². The molecule has 0 saturated carbocycles. The van der Waals surface area contributed by atoms with Crippen LogP contribution in [0.2, 0.25) is 0 Å². The van der Waals surface area contributed by atoms with Crippen LogP contribution >= 0.6 is 23.1 Å². The van der Waals surface area contributed by atoms with Gasteiger partial charge in [0.05, 0.1) is 5.69 Å². The van der Waals surface area contributed by atoms with Crippen molar-refractivity contribution in [1.82, 2.24) is 10.2 Å². The lowest BCUT2D eigenvalue weighted by atomic mass is 10.1. The highest BCUT2D eigenvalue weighted by Crippen LogP contribution is 2.33. The Morgan fingerprint density at radius 2 is 1.96 bits per heavy atom. The first kappa shape index (κ1) is 16.7. The van der Waals surface area contributed by atoms with Crippen molar-refractivity contribution in [3.8, 4) is 0 Å². The predicted octanol–water partition coefficient (Wildman–Crippen LogP) is 4.57. The zero-order valence-electron chi connectivity index (χ0n) is 13.2. The first-order chi connectivity index (χ1) is 11.7. The molecule has 2 aromatic carbocycles. The molecule has 0 aliphatic heterocycles. The van der Waals surface area contributed by atoms with Gasteiger partial charge in [-0.3, -0.25) is 4.79 Å². The van der Waals surface area contributed by atoms with Gasteiger partial charge in [0.25, 0.3) is 0 Å². The number of nitrogens with zero attached hydrogens (tertiary/aromatic N) is 2. The lowest BCUT2D eigenvalue weighted by Crippen LogP contribution is -2.12. The van der Waals surface area contributed by atoms with Gasteiger partial charge in [-0.2, -0.15) is 0 Å². The second kappa shape index (κ2) is 8.08. The SMILES string of the molecule is Cc1ccc(CCC(=O)Nc2ccccc2Sc2nncs2)cc1. The predicted molar refractivity (Wildman–Crippen MR) is 98.6 cm³/mol. The molecule has 0 atom stereocenters. The number of anilines is 1. The van der Waals surface area contributed by atoms with Gasteiger partial charge >= 0.3 is 0 Å². The summed E-state index contributed by atoms with van der Waals surface area (Å²) in [7, 11) is 0. The van der Waals surface area contributed by atoms with Gasteiger partial charge in [0.15, 0.2) is 4.34 Å². The molecule has 3 aromatic rings. The molecule has 0 bridgehead atoms. The highest BCUT2D eigenvalue weighted by atomic mass is 32.2. The van der Waals surface area contributed by atoms with Crippen molar-refractivity contribution in [2.75, 3.05) is 5.32 Å². The summed E-state index contributed by atoms with van der Waals surface area (Å²) in [5.41, 5.74) is 4.91. The highest BCUT2D eigenvalue weighted by molar-refractivity contribution is 8.01. The molecule has 122 valence electrons. The fourth-order valence-electron chi connectivity index (χ4n) is 2.19. The van der Waals surface area contributed by atoms with Crippen LogP contribution in [0, 0.1) is 6.92 Å². The van der Waals surface area contributed by atoms with E-state index in [4.69, 9.17) is 0 Å². The summed E-state index contributed by atoms with van der Waals surface area (Å²) in [6, 6.07) is 16.0. The first-order valence-electron chi connectivity index (χ1n) is 7.59. The fourth-order valence-corrected chi connectivity index (χ4v) is 3.71. The van der Waals surface area contributed by atoms with Crippen molar-refractivity contribution in [1.29, 1.82) is 0 Å². The topological polar surface area (TPSA) is 54.9 Å². The Balaban J connectivity index is 1.60. The molecule has 1 aromatic heterocycles. The van der Waals surface area contributed by atoms with E-state index < -0.39 is 0 Å². The molecule has 1 N–H and O–H groups in total. The second-order valence-corrected chi connectivity index (χ2v) is 7.46. The Labute approximate surface area is 149 Å². The Hall–Kier alpha value is -2.18. The van der Waals surface area contributed by atoms with E-state index >= 15 is 0 Å². The molecule has 24 heavy (non-hydrogen) atoms. The fraction of sp³-hybridized carbons (Fsp3) is 0.167. The zero-order chi connectivity index (χ0) is 16.8. The normalized spacial score (nSPS) is 10.5. The van der Waals surface area contributed by atoms with E-state index in [0.717, 1.165) is 21.3 Å². The Morgan fingerprint density at radius 3 is 2.71 bits per heavy atom. The molecule has 1 amide bonds. The lowest BCUT2D eigenvalue weighted by molar-refractivity contribution is -0.116. The Bertz CT molecular complexity index is 801. The van der Waals surface area contributed by atoms with Gasteiger partial charge in [-0.1, -0.05) is 65.1 Å². The molecule has 3 rings (SSSR count). The number of carbonyl (C=O) groups excluding carboxylic acids is 1. The van der Waals surface area contributed by atoms with E-state index in [2.05, 4.69) is 46.7 Å². The number of amides is 1. The minimum atomic E-state index is 0.0147. The van der Waals surface area contributed by atoms with Crippen LogP contribution in [0.4, 0.5) is 5.69 Å². The summed E-state index contributed by atoms with van der Waals surface area (Å²) < 4.78 is 0.858. The van der Waals surface area contributed by atoms with Crippen LogP contribution in [-0.4, -0.2) is 16.1 Å². The smallest absolute Gasteiger partial charge is 0.224 e. The number of hydrogen-bond acceptors (Lipinski definition) is 5. The Kier molecular flexibility index (Phi) is 5.61. The summed E-state index contributed by atoms with van der Waals surface area (Å²) in [4.78, 5) is 13.2. The molecule has 6 heteroatoms. The molecular formula is C18H17N3OS2. The zero-order valence-corrected chi connectivity index (χ0v) is 14.9. The molecule has 0 radical (unpaired) electrons. The molecular weight excluding hydrogens is 338 g/mol. The van der Waals surface area contributed by atoms with E-state index in [1.54, 1.807) is 5.51 Å². The average Bonchev–Trinajstić information content (AvgIpc) is 3.09. The molecule has 1 heterocycles. The number of aryl methyl sites for hydroxylation is 2. The summed E-state index contributed by atoms with van der Waals surface area (Å²) >= 11 is 2.99. The summed E-state index contributed by atoms with van der Waals surface area (Å²) in [5.74, 6) is 0.0147. The van der Waals surface area contributed by atoms with Crippen LogP contribution in [0.25, 0.3) is 0 Å². The van der Waals surface area contributed by atoms with Crippen LogP contribution in [0.15, 0.2) is 63.3 Å². The van der Waals surface area contributed by atoms with Crippen molar-refractivity contribution in [2.24, 2.45) is 0 Å². The number of benzene rings is 2. The standard InChI is InChI=1S/C18H17N3OS2/c1-13-6-8-14(9-7-13)10-11-17(22)20-15-4-2-3-5-16(15)24-18-21-19-12-23-18/h2-9,12H,10-11H2,1H3,(H,20,22). The van der Waals surface area contributed by atoms with Crippen molar-refractivity contribution in [2.45, 2.75) is 29.0 Å². The molecule has 0 unspecified atom stereocenters. The van der Waals surface area contributed by atoms with Gasteiger partial charge in [-0.15, -0.1) is 10.2 Å². The molecule has 4 nitrogen and oxygen atoms in total. The third-order valence-corrected chi connectivity index (χ3v) is 5.31. The molecule has 0 saturated heterocycles. The number of aromatic nitrogens is 2. The maximum Gasteiger partial charge on any atom is 0.224 e. The van der Waals surface area contributed by atoms with Gasteiger partial charge < -0.3 is 5.32 Å². The Morgan fingerprint density at radius 1 is 1.17 bits per heavy atom. The molecule has 0 fully saturated rings. The van der Waals surface area contributed by atoms with Gasteiger partial charge in [-0.05, 0) is 31.0 Å². The van der Waals surface area contributed by atoms with E-state index in [1.165, 1.54) is 34.2 Å². The third kappa shape index (κ3) is 4.66. The first-order valence-corrected chi connectivity index (χ1v) is 9.29. The lowest BCUT2D eigenvalue weighted by Gasteiger charge is -2.09. The van der Waals surface area contributed by atoms with Crippen molar-refractivity contribution in [3.63, 3.8) is 0 Å². The van der Waals surface area contributed by atoms with Crippen LogP contribution < -0.4 is 5.32 Å². The van der Waals surface area contributed by atoms with Gasteiger partial charge in [0.2, 0.25) is 5.91 Å². The monoisotopic (exact) mass is 355 g/mol. The largest absolute Gasteiger partial charge is 0.325 e. The summed E-state index contributed by atoms with van der Waals surface area (Å²) in [5, 5.41) is 10.9. The van der Waals surface area contributed by atoms with E-state index in [1.807, 2.05) is 24.3 Å². The minimum Gasteiger partial charge on any atom is -0.325 e. The number of carbonyl (C=O) groups is 1. The quantitative estimate of drug-likeness (QED) is 0.704. The molecule has 0 aliphatic rings. The van der Waals surface area contributed by atoms with Gasteiger partial charge in [0, 0.05) is 11.3 Å². The highest BCUT2D eigenvalue weighted by Gasteiger charge is 2.09. The summed E-state index contributed by atoms with van der Waals surface area (Å²) in [6.07, 6.45) is 1.19. The maximum absolute atomic E-state index is 12.3. The number of nitrogens with one attached hydrogen (secondary N) is 1. The van der Waals surface area contributed by atoms with Crippen LogP contribution in [0.1, 0.15) is 17.5 Å². The second-order valence-electron chi connectivity index (χ2n) is 5.34. The van der Waals surface area contributed by atoms with E-state index in [-0.39, 0.29) is 5.91 Å². The van der Waals surface area contributed by atoms with Gasteiger partial charge in [-0.25, -0.2) is 0 Å². The van der Waals surface area contributed by atoms with Crippen LogP contribution in [0.3, 0.4) is 0 Å². The third-order valence-electron chi connectivity index (χ3n) is 3.46. The van der Waals surface area contributed by atoms with Crippen LogP contribution in [0.5, 0.6) is 0 Å². The molecule has 0 aliphatic carbocycles. The van der Waals surface area contributed by atoms with Gasteiger partial charge in [0.1, 0.15) is 5.51 Å². The number of rotatable bonds is 6. The van der Waals surface area contributed by atoms with E-state index in [0.29, 0.717) is 6.42 Å². The molecule has 0 spiro atoms. The number of hydrogen-bond donors (Lipinski definition) is 1. The summed E-state index contributed by atoms with van der Waals surface area (Å²) in [6.45, 7) is 2.06. The minimum absolute atomic E-state index is 0.0147.